The van der Waals surface area contributed by atoms with Crippen LogP contribution in [-0.4, -0.2) is 34.9 Å². The second-order valence-corrected chi connectivity index (χ2v) is 7.34. The number of nitrogens with zero attached hydrogens (tertiary/aromatic N) is 2. The van der Waals surface area contributed by atoms with Crippen molar-refractivity contribution in [2.24, 2.45) is 0 Å². The molecule has 0 spiro atoms. The maximum absolute atomic E-state index is 12.3. The van der Waals surface area contributed by atoms with Crippen LogP contribution in [0, 0.1) is 0 Å². The Bertz CT molecular complexity index is 910. The molecular weight excluding hydrogens is 393 g/mol. The summed E-state index contributed by atoms with van der Waals surface area (Å²) in [6, 6.07) is 12.8. The van der Waals surface area contributed by atoms with Crippen LogP contribution in [0.5, 0.6) is 0 Å². The first kappa shape index (κ1) is 19.0. The molecule has 5 nitrogen and oxygen atoms in total. The molecule has 0 saturated carbocycles. The lowest BCUT2D eigenvalue weighted by Gasteiger charge is -2.09. The number of imidazole rings is 1. The highest BCUT2D eigenvalue weighted by atomic mass is 35.5. The molecule has 0 saturated heterocycles. The average Bonchev–Trinajstić information content (AvgIpc) is 2.95. The molecule has 0 radical (unpaired) electrons. The van der Waals surface area contributed by atoms with E-state index in [9.17, 15) is 4.79 Å². The van der Waals surface area contributed by atoms with Crippen LogP contribution in [0.15, 0.2) is 47.6 Å². The fourth-order valence-electron chi connectivity index (χ4n) is 2.52. The first-order valence-corrected chi connectivity index (χ1v) is 9.64. The van der Waals surface area contributed by atoms with Crippen molar-refractivity contribution in [1.29, 1.82) is 0 Å². The molecule has 3 aromatic rings. The molecule has 1 heterocycles. The Morgan fingerprint density at radius 3 is 2.69 bits per heavy atom. The molecule has 0 unspecified atom stereocenters. The Morgan fingerprint density at radius 2 is 1.96 bits per heavy atom. The summed E-state index contributed by atoms with van der Waals surface area (Å²) in [6.07, 6.45) is 0. The molecule has 1 amide bonds. The highest BCUT2D eigenvalue weighted by molar-refractivity contribution is 7.99. The maximum atomic E-state index is 12.3. The number of carbonyl (C=O) groups is 1. The smallest absolute Gasteiger partial charge is 0.234 e. The highest BCUT2D eigenvalue weighted by Crippen LogP contribution is 2.25. The minimum absolute atomic E-state index is 0.154. The Labute approximate surface area is 165 Å². The number of hydrogen-bond donors (Lipinski definition) is 1. The molecule has 1 aromatic heterocycles. The van der Waals surface area contributed by atoms with E-state index in [1.54, 1.807) is 25.3 Å². The number of ether oxygens (including phenoxy) is 1. The fraction of sp³-hybridized carbons (Fsp3) is 0.222. The van der Waals surface area contributed by atoms with Crippen molar-refractivity contribution in [1.82, 2.24) is 9.55 Å². The topological polar surface area (TPSA) is 56.1 Å². The summed E-state index contributed by atoms with van der Waals surface area (Å²) in [5.41, 5.74) is 2.49. The van der Waals surface area contributed by atoms with Crippen LogP contribution in [0.3, 0.4) is 0 Å². The van der Waals surface area contributed by atoms with Gasteiger partial charge >= 0.3 is 0 Å². The second kappa shape index (κ2) is 8.77. The summed E-state index contributed by atoms with van der Waals surface area (Å²) in [5, 5.41) is 4.53. The number of hydrogen-bond acceptors (Lipinski definition) is 4. The van der Waals surface area contributed by atoms with Gasteiger partial charge in [-0.25, -0.2) is 4.98 Å². The fourth-order valence-corrected chi connectivity index (χ4v) is 3.88. The van der Waals surface area contributed by atoms with Crippen LogP contribution < -0.4 is 5.32 Å². The van der Waals surface area contributed by atoms with Gasteiger partial charge in [0, 0.05) is 29.4 Å². The lowest BCUT2D eigenvalue weighted by atomic mass is 10.3. The van der Waals surface area contributed by atoms with Gasteiger partial charge in [-0.15, -0.1) is 0 Å². The number of thioether (sulfide) groups is 1. The van der Waals surface area contributed by atoms with E-state index >= 15 is 0 Å². The van der Waals surface area contributed by atoms with Crippen molar-refractivity contribution in [3.8, 4) is 0 Å². The van der Waals surface area contributed by atoms with Crippen molar-refractivity contribution >= 4 is 57.6 Å². The Hall–Kier alpha value is -1.73. The van der Waals surface area contributed by atoms with Crippen molar-refractivity contribution < 1.29 is 9.53 Å². The number of anilines is 1. The summed E-state index contributed by atoms with van der Waals surface area (Å²) in [4.78, 5) is 16.9. The minimum atomic E-state index is -0.154. The molecule has 0 fully saturated rings. The molecule has 2 aromatic carbocycles. The van der Waals surface area contributed by atoms with E-state index in [-0.39, 0.29) is 11.7 Å². The Kier molecular flexibility index (Phi) is 6.43. The van der Waals surface area contributed by atoms with E-state index in [1.165, 1.54) is 11.8 Å². The lowest BCUT2D eigenvalue weighted by Crippen LogP contribution is -2.15. The van der Waals surface area contributed by atoms with Crippen LogP contribution in [-0.2, 0) is 16.1 Å². The van der Waals surface area contributed by atoms with Crippen LogP contribution in [0.2, 0.25) is 10.0 Å². The second-order valence-electron chi connectivity index (χ2n) is 5.52. The molecule has 0 bridgehead atoms. The number of fused-ring (bicyclic) bond motifs is 1. The number of halogens is 2. The molecule has 8 heteroatoms. The first-order chi connectivity index (χ1) is 12.6. The number of aromatic nitrogens is 2. The zero-order valence-corrected chi connectivity index (χ0v) is 16.4. The summed E-state index contributed by atoms with van der Waals surface area (Å²) in [6.45, 7) is 1.24. The molecule has 0 atom stereocenters. The molecule has 0 aliphatic carbocycles. The standard InChI is InChI=1S/C18H17Cl2N3O2S/c1-25-7-6-23-16-5-3-2-4-15(16)22-18(23)26-11-17(24)21-14-9-12(19)8-13(20)10-14/h2-5,8-10H,6-7,11H2,1H3,(H,21,24). The summed E-state index contributed by atoms with van der Waals surface area (Å²) in [5.74, 6) is 0.0687. The number of para-hydroxylation sites is 2. The zero-order chi connectivity index (χ0) is 18.5. The lowest BCUT2D eigenvalue weighted by molar-refractivity contribution is -0.113. The first-order valence-electron chi connectivity index (χ1n) is 7.90. The largest absolute Gasteiger partial charge is 0.383 e. The number of benzene rings is 2. The van der Waals surface area contributed by atoms with E-state index in [4.69, 9.17) is 27.9 Å². The van der Waals surface area contributed by atoms with Gasteiger partial charge in [-0.2, -0.15) is 0 Å². The number of methoxy groups -OCH3 is 1. The van der Waals surface area contributed by atoms with Crippen LogP contribution in [0.1, 0.15) is 0 Å². The van der Waals surface area contributed by atoms with Crippen molar-refractivity contribution in [3.05, 3.63) is 52.5 Å². The Morgan fingerprint density at radius 1 is 1.23 bits per heavy atom. The van der Waals surface area contributed by atoms with Gasteiger partial charge in [-0.3, -0.25) is 4.79 Å². The average molecular weight is 410 g/mol. The van der Waals surface area contributed by atoms with Crippen molar-refractivity contribution in [3.63, 3.8) is 0 Å². The van der Waals surface area contributed by atoms with Gasteiger partial charge in [-0.1, -0.05) is 47.1 Å². The van der Waals surface area contributed by atoms with Gasteiger partial charge < -0.3 is 14.6 Å². The van der Waals surface area contributed by atoms with Crippen LogP contribution in [0.4, 0.5) is 5.69 Å². The van der Waals surface area contributed by atoms with Crippen molar-refractivity contribution in [2.75, 3.05) is 24.8 Å². The van der Waals surface area contributed by atoms with Gasteiger partial charge in [0.05, 0.1) is 23.4 Å². The number of rotatable bonds is 7. The summed E-state index contributed by atoms with van der Waals surface area (Å²) < 4.78 is 7.25. The van der Waals surface area contributed by atoms with E-state index < -0.39 is 0 Å². The molecule has 3 rings (SSSR count). The van der Waals surface area contributed by atoms with E-state index in [2.05, 4.69) is 14.9 Å². The maximum Gasteiger partial charge on any atom is 0.234 e. The highest BCUT2D eigenvalue weighted by Gasteiger charge is 2.13. The number of nitrogens with one attached hydrogen (secondary N) is 1. The van der Waals surface area contributed by atoms with Gasteiger partial charge in [0.1, 0.15) is 0 Å². The molecule has 1 N–H and O–H groups in total. The number of carbonyl (C=O) groups excluding carboxylic acids is 1. The van der Waals surface area contributed by atoms with Gasteiger partial charge in [0.25, 0.3) is 0 Å². The van der Waals surface area contributed by atoms with Crippen LogP contribution in [0.25, 0.3) is 11.0 Å². The third-order valence-corrected chi connectivity index (χ3v) is 5.03. The predicted octanol–water partition coefficient (Wildman–Crippen LogP) is 4.72. The molecule has 0 aliphatic rings. The van der Waals surface area contributed by atoms with Gasteiger partial charge in [0.2, 0.25) is 5.91 Å². The van der Waals surface area contributed by atoms with Gasteiger partial charge in [-0.05, 0) is 30.3 Å². The summed E-state index contributed by atoms with van der Waals surface area (Å²) >= 11 is 13.3. The quantitative estimate of drug-likeness (QED) is 0.573. The third kappa shape index (κ3) is 4.71. The van der Waals surface area contributed by atoms with Crippen LogP contribution >= 0.6 is 35.0 Å². The normalized spacial score (nSPS) is 11.0. The minimum Gasteiger partial charge on any atom is -0.383 e. The van der Waals surface area contributed by atoms with E-state index in [1.807, 2.05) is 24.3 Å². The summed E-state index contributed by atoms with van der Waals surface area (Å²) in [7, 11) is 1.66. The molecular formula is C18H17Cl2N3O2S. The predicted molar refractivity (Wildman–Crippen MR) is 107 cm³/mol. The molecule has 0 aliphatic heterocycles. The van der Waals surface area contributed by atoms with Gasteiger partial charge in [0.15, 0.2) is 5.16 Å². The number of amides is 1. The SMILES string of the molecule is COCCn1c(SCC(=O)Nc2cc(Cl)cc(Cl)c2)nc2ccccc21. The Balaban J connectivity index is 1.71. The monoisotopic (exact) mass is 409 g/mol. The van der Waals surface area contributed by atoms with Crippen molar-refractivity contribution in [2.45, 2.75) is 11.7 Å². The molecule has 136 valence electrons. The zero-order valence-electron chi connectivity index (χ0n) is 14.0. The third-order valence-electron chi connectivity index (χ3n) is 3.62. The molecule has 26 heavy (non-hydrogen) atoms. The van der Waals surface area contributed by atoms with E-state index in [0.717, 1.165) is 16.2 Å². The van der Waals surface area contributed by atoms with E-state index in [0.29, 0.717) is 28.9 Å².